The fourth-order valence-electron chi connectivity index (χ4n) is 8.07. The third-order valence-corrected chi connectivity index (χ3v) is 9.32. The minimum atomic E-state index is 0.135. The monoisotopic (exact) mass is 472 g/mol. The van der Waals surface area contributed by atoms with E-state index in [0.29, 0.717) is 28.6 Å². The molecule has 4 bridgehead atoms. The van der Waals surface area contributed by atoms with E-state index in [1.165, 1.54) is 44.1 Å². The van der Waals surface area contributed by atoms with E-state index < -0.39 is 0 Å². The van der Waals surface area contributed by atoms with Crippen LogP contribution in [0.2, 0.25) is 0 Å². The van der Waals surface area contributed by atoms with Gasteiger partial charge >= 0.3 is 0 Å². The van der Waals surface area contributed by atoms with E-state index in [9.17, 15) is 4.79 Å². The summed E-state index contributed by atoms with van der Waals surface area (Å²) >= 11 is 1.71. The Morgan fingerprint density at radius 2 is 1.85 bits per heavy atom. The molecule has 1 aromatic rings. The summed E-state index contributed by atoms with van der Waals surface area (Å²) in [6.07, 6.45) is 17.5. The second-order valence-corrected chi connectivity index (χ2v) is 13.2. The molecule has 4 aliphatic rings. The lowest BCUT2D eigenvalue weighted by molar-refractivity contribution is -0.198. The van der Waals surface area contributed by atoms with Crippen LogP contribution in [0.5, 0.6) is 0 Å². The predicted molar refractivity (Wildman–Crippen MR) is 137 cm³/mol. The van der Waals surface area contributed by atoms with Crippen LogP contribution >= 0.6 is 11.8 Å². The summed E-state index contributed by atoms with van der Waals surface area (Å²) < 4.78 is 0. The van der Waals surface area contributed by atoms with Crippen LogP contribution in [0.4, 0.5) is 0 Å². The number of rotatable bonds is 13. The average molecular weight is 473 g/mol. The standard InChI is InChI=1S/C28H44N2O2S/c1-4-5-6-13-30(25(31)19-33-15-9-23-7-11-29-12-8-23)32-14-10-28-18-24-16-26(2,21-28)20-27(3,17-24)22-28/h7-8,11-12,24H,4-6,9-10,13-22H2,1-3H3. The van der Waals surface area contributed by atoms with Crippen molar-refractivity contribution in [1.29, 1.82) is 0 Å². The summed E-state index contributed by atoms with van der Waals surface area (Å²) in [4.78, 5) is 23.3. The summed E-state index contributed by atoms with van der Waals surface area (Å²) in [5.74, 6) is 2.49. The maximum atomic E-state index is 13.0. The summed E-state index contributed by atoms with van der Waals surface area (Å²) in [5.41, 5.74) is 2.80. The van der Waals surface area contributed by atoms with Gasteiger partial charge in [-0.25, -0.2) is 5.06 Å². The zero-order valence-corrected chi connectivity index (χ0v) is 21.9. The molecule has 0 spiro atoms. The molecule has 0 aromatic carbocycles. The molecule has 0 radical (unpaired) electrons. The van der Waals surface area contributed by atoms with Crippen LogP contribution in [-0.2, 0) is 16.1 Å². The molecule has 0 saturated heterocycles. The first-order valence-corrected chi connectivity index (χ1v) is 14.4. The number of amides is 1. The van der Waals surface area contributed by atoms with Gasteiger partial charge < -0.3 is 0 Å². The maximum Gasteiger partial charge on any atom is 0.256 e. The highest BCUT2D eigenvalue weighted by Crippen LogP contribution is 2.70. The largest absolute Gasteiger partial charge is 0.272 e. The molecule has 1 amide bonds. The number of unbranched alkanes of at least 4 members (excludes halogenated alkanes) is 2. The molecule has 2 unspecified atom stereocenters. The number of aromatic nitrogens is 1. The highest BCUT2D eigenvalue weighted by Gasteiger charge is 2.59. The number of thioether (sulfide) groups is 1. The van der Waals surface area contributed by atoms with Crippen molar-refractivity contribution >= 4 is 17.7 Å². The Kier molecular flexibility index (Phi) is 8.10. The fraction of sp³-hybridized carbons (Fsp3) is 0.786. The van der Waals surface area contributed by atoms with Gasteiger partial charge in [0.1, 0.15) is 0 Å². The average Bonchev–Trinajstić information content (AvgIpc) is 2.74. The molecule has 5 rings (SSSR count). The summed E-state index contributed by atoms with van der Waals surface area (Å²) in [6, 6.07) is 4.10. The summed E-state index contributed by atoms with van der Waals surface area (Å²) in [5, 5.41) is 1.71. The van der Waals surface area contributed by atoms with Gasteiger partial charge in [-0.3, -0.25) is 14.6 Å². The van der Waals surface area contributed by atoms with E-state index in [0.717, 1.165) is 50.3 Å². The molecule has 4 fully saturated rings. The second-order valence-electron chi connectivity index (χ2n) is 12.1. The topological polar surface area (TPSA) is 42.4 Å². The fourth-order valence-corrected chi connectivity index (χ4v) is 8.92. The van der Waals surface area contributed by atoms with Crippen molar-refractivity contribution in [3.63, 3.8) is 0 Å². The van der Waals surface area contributed by atoms with Crippen molar-refractivity contribution in [1.82, 2.24) is 10.0 Å². The Morgan fingerprint density at radius 1 is 1.12 bits per heavy atom. The number of hydrogen-bond donors (Lipinski definition) is 0. The lowest BCUT2D eigenvalue weighted by Gasteiger charge is -2.65. The van der Waals surface area contributed by atoms with Gasteiger partial charge in [0.2, 0.25) is 0 Å². The van der Waals surface area contributed by atoms with Crippen LogP contribution < -0.4 is 0 Å². The van der Waals surface area contributed by atoms with Gasteiger partial charge in [-0.15, -0.1) is 0 Å². The number of hydrogen-bond acceptors (Lipinski definition) is 4. The van der Waals surface area contributed by atoms with Crippen LogP contribution in [0.1, 0.15) is 90.5 Å². The summed E-state index contributed by atoms with van der Waals surface area (Å²) in [6.45, 7) is 8.70. The lowest BCUT2D eigenvalue weighted by Crippen LogP contribution is -2.55. The van der Waals surface area contributed by atoms with Crippen molar-refractivity contribution in [2.45, 2.75) is 91.4 Å². The van der Waals surface area contributed by atoms with E-state index in [2.05, 4.69) is 25.8 Å². The first-order valence-electron chi connectivity index (χ1n) is 13.2. The smallest absolute Gasteiger partial charge is 0.256 e. The SMILES string of the molecule is CCCCCN(OCCC12CC3CC(C)(CC(C)(C3)C1)C2)C(=O)CSCCc1ccncc1. The Bertz CT molecular complexity index is 767. The number of pyridine rings is 1. The molecule has 0 aliphatic heterocycles. The van der Waals surface area contributed by atoms with Crippen molar-refractivity contribution in [3.8, 4) is 0 Å². The van der Waals surface area contributed by atoms with Crippen molar-refractivity contribution in [3.05, 3.63) is 30.1 Å². The molecular formula is C28H44N2O2S. The van der Waals surface area contributed by atoms with Crippen molar-refractivity contribution in [2.75, 3.05) is 24.7 Å². The molecule has 1 aromatic heterocycles. The van der Waals surface area contributed by atoms with Crippen LogP contribution in [-0.4, -0.2) is 40.6 Å². The molecule has 4 aliphatic carbocycles. The number of carbonyl (C=O) groups is 1. The molecule has 5 heteroatoms. The highest BCUT2D eigenvalue weighted by atomic mass is 32.2. The Morgan fingerprint density at radius 3 is 2.52 bits per heavy atom. The molecule has 4 saturated carbocycles. The third-order valence-electron chi connectivity index (χ3n) is 8.37. The van der Waals surface area contributed by atoms with Gasteiger partial charge in [-0.05, 0) is 103 Å². The van der Waals surface area contributed by atoms with Crippen LogP contribution in [0.25, 0.3) is 0 Å². The zero-order chi connectivity index (χ0) is 23.4. The summed E-state index contributed by atoms with van der Waals surface area (Å²) in [7, 11) is 0. The molecule has 2 atom stereocenters. The molecule has 33 heavy (non-hydrogen) atoms. The van der Waals surface area contributed by atoms with Crippen molar-refractivity contribution in [2.24, 2.45) is 22.2 Å². The highest BCUT2D eigenvalue weighted by molar-refractivity contribution is 7.99. The molecule has 0 N–H and O–H groups in total. The number of hydroxylamine groups is 2. The van der Waals surface area contributed by atoms with E-state index >= 15 is 0 Å². The van der Waals surface area contributed by atoms with Gasteiger partial charge in [0.15, 0.2) is 0 Å². The molecule has 4 nitrogen and oxygen atoms in total. The maximum absolute atomic E-state index is 13.0. The Hall–Kier alpha value is -1.07. The van der Waals surface area contributed by atoms with E-state index in [4.69, 9.17) is 4.84 Å². The normalized spacial score (nSPS) is 32.3. The molecule has 1 heterocycles. The van der Waals surface area contributed by atoms with Gasteiger partial charge in [0.25, 0.3) is 5.91 Å². The minimum absolute atomic E-state index is 0.135. The Labute approximate surface area is 205 Å². The lowest BCUT2D eigenvalue weighted by atomic mass is 9.40. The van der Waals surface area contributed by atoms with Crippen LogP contribution in [0.15, 0.2) is 24.5 Å². The number of carbonyl (C=O) groups excluding carboxylic acids is 1. The van der Waals surface area contributed by atoms with E-state index in [-0.39, 0.29) is 5.91 Å². The third kappa shape index (κ3) is 6.54. The molecular weight excluding hydrogens is 428 g/mol. The van der Waals surface area contributed by atoms with E-state index in [1.54, 1.807) is 16.8 Å². The minimum Gasteiger partial charge on any atom is -0.272 e. The van der Waals surface area contributed by atoms with E-state index in [1.807, 2.05) is 24.5 Å². The van der Waals surface area contributed by atoms with Crippen molar-refractivity contribution < 1.29 is 9.63 Å². The first kappa shape index (κ1) is 25.0. The Balaban J connectivity index is 1.26. The second kappa shape index (κ2) is 10.7. The quantitative estimate of drug-likeness (QED) is 0.237. The first-order chi connectivity index (χ1) is 15.8. The zero-order valence-electron chi connectivity index (χ0n) is 21.1. The van der Waals surface area contributed by atoms with Gasteiger partial charge in [0, 0.05) is 18.9 Å². The van der Waals surface area contributed by atoms with Gasteiger partial charge in [-0.1, -0.05) is 33.6 Å². The molecule has 184 valence electrons. The predicted octanol–water partition coefficient (Wildman–Crippen LogP) is 6.69. The van der Waals surface area contributed by atoms with Crippen LogP contribution in [0, 0.1) is 22.2 Å². The number of nitrogens with zero attached hydrogens (tertiary/aromatic N) is 2. The van der Waals surface area contributed by atoms with Crippen LogP contribution in [0.3, 0.4) is 0 Å². The van der Waals surface area contributed by atoms with Gasteiger partial charge in [0.05, 0.1) is 12.4 Å². The van der Waals surface area contributed by atoms with Gasteiger partial charge in [-0.2, -0.15) is 11.8 Å². The number of aryl methyl sites for hydroxylation is 1.